The molecule has 10 heteroatoms. The lowest BCUT2D eigenvalue weighted by Gasteiger charge is -2.28. The second-order valence-electron chi connectivity index (χ2n) is 11.6. The predicted molar refractivity (Wildman–Crippen MR) is 163 cm³/mol. The number of halogens is 3. The molecule has 1 aliphatic heterocycles. The summed E-state index contributed by atoms with van der Waals surface area (Å²) in [6, 6.07) is 18.7. The number of amides is 3. The van der Waals surface area contributed by atoms with E-state index in [2.05, 4.69) is 10.2 Å². The molecule has 1 heterocycles. The standard InChI is InChI=1S/C34H37F3N4O3/c1-39(23-24-8-3-2-4-9-24)33(44)29-22-28(38-31(42)25-12-14-27(15-13-25)34(35,36)37)16-17-30(29)40-18-7-19-41(21-20-40)32(43)26-10-5-6-11-26/h2-4,8-9,12-17,22,26H,5-7,10-11,18-21,23H2,1H3,(H,38,42). The highest BCUT2D eigenvalue weighted by atomic mass is 19.4. The van der Waals surface area contributed by atoms with Crippen LogP contribution in [0.5, 0.6) is 0 Å². The molecule has 3 aromatic carbocycles. The highest BCUT2D eigenvalue weighted by molar-refractivity contribution is 6.06. The van der Waals surface area contributed by atoms with Gasteiger partial charge >= 0.3 is 6.18 Å². The van der Waals surface area contributed by atoms with Gasteiger partial charge in [0.1, 0.15) is 0 Å². The number of rotatable bonds is 7. The van der Waals surface area contributed by atoms with Gasteiger partial charge in [0, 0.05) is 62.6 Å². The first-order chi connectivity index (χ1) is 21.1. The van der Waals surface area contributed by atoms with Crippen LogP contribution in [0.1, 0.15) is 63.9 Å². The molecule has 1 aliphatic carbocycles. The molecule has 44 heavy (non-hydrogen) atoms. The van der Waals surface area contributed by atoms with Gasteiger partial charge < -0.3 is 20.0 Å². The van der Waals surface area contributed by atoms with Crippen molar-refractivity contribution in [2.24, 2.45) is 5.92 Å². The summed E-state index contributed by atoms with van der Waals surface area (Å²) in [5.41, 5.74) is 1.64. The topological polar surface area (TPSA) is 73.0 Å². The molecule has 0 aromatic heterocycles. The van der Waals surface area contributed by atoms with E-state index in [0.29, 0.717) is 49.7 Å². The Labute approximate surface area is 255 Å². The van der Waals surface area contributed by atoms with E-state index in [9.17, 15) is 27.6 Å². The molecule has 5 rings (SSSR count). The highest BCUT2D eigenvalue weighted by Crippen LogP contribution is 2.31. The Hall–Kier alpha value is -4.34. The van der Waals surface area contributed by atoms with Crippen LogP contribution < -0.4 is 10.2 Å². The van der Waals surface area contributed by atoms with Gasteiger partial charge in [-0.25, -0.2) is 0 Å². The van der Waals surface area contributed by atoms with Crippen molar-refractivity contribution in [2.75, 3.05) is 43.4 Å². The van der Waals surface area contributed by atoms with Crippen molar-refractivity contribution in [3.8, 4) is 0 Å². The fourth-order valence-corrected chi connectivity index (χ4v) is 6.02. The van der Waals surface area contributed by atoms with Crippen molar-refractivity contribution < 1.29 is 27.6 Å². The van der Waals surface area contributed by atoms with Crippen molar-refractivity contribution in [3.63, 3.8) is 0 Å². The molecule has 232 valence electrons. The third-order valence-corrected chi connectivity index (χ3v) is 8.42. The second kappa shape index (κ2) is 13.5. The van der Waals surface area contributed by atoms with Crippen molar-refractivity contribution in [3.05, 3.63) is 95.1 Å². The molecular weight excluding hydrogens is 569 g/mol. The minimum absolute atomic E-state index is 0.0655. The fraction of sp³-hybridized carbons (Fsp3) is 0.382. The number of nitrogens with one attached hydrogen (secondary N) is 1. The lowest BCUT2D eigenvalue weighted by atomic mass is 10.1. The summed E-state index contributed by atoms with van der Waals surface area (Å²) >= 11 is 0. The smallest absolute Gasteiger partial charge is 0.369 e. The molecule has 1 N–H and O–H groups in total. The van der Waals surface area contributed by atoms with Crippen LogP contribution in [-0.4, -0.2) is 60.7 Å². The van der Waals surface area contributed by atoms with Gasteiger partial charge in [-0.15, -0.1) is 0 Å². The largest absolute Gasteiger partial charge is 0.416 e. The Bertz CT molecular complexity index is 1470. The quantitative estimate of drug-likeness (QED) is 0.335. The molecule has 3 aromatic rings. The predicted octanol–water partition coefficient (Wildman–Crippen LogP) is 6.46. The van der Waals surface area contributed by atoms with E-state index in [0.717, 1.165) is 61.9 Å². The number of hydrogen-bond donors (Lipinski definition) is 1. The van der Waals surface area contributed by atoms with Crippen molar-refractivity contribution in [2.45, 2.75) is 44.8 Å². The van der Waals surface area contributed by atoms with Crippen LogP contribution in [-0.2, 0) is 17.5 Å². The van der Waals surface area contributed by atoms with E-state index in [1.165, 1.54) is 0 Å². The zero-order valence-electron chi connectivity index (χ0n) is 24.8. The summed E-state index contributed by atoms with van der Waals surface area (Å²) in [5, 5.41) is 2.73. The molecule has 0 radical (unpaired) electrons. The number of benzene rings is 3. The van der Waals surface area contributed by atoms with Crippen LogP contribution in [0, 0.1) is 5.92 Å². The van der Waals surface area contributed by atoms with Crippen LogP contribution in [0.3, 0.4) is 0 Å². The molecule has 2 fully saturated rings. The normalized spacial score (nSPS) is 16.0. The average molecular weight is 607 g/mol. The first-order valence-electron chi connectivity index (χ1n) is 15.1. The monoisotopic (exact) mass is 606 g/mol. The van der Waals surface area contributed by atoms with Gasteiger partial charge in [-0.3, -0.25) is 14.4 Å². The minimum atomic E-state index is -4.50. The van der Waals surface area contributed by atoms with Gasteiger partial charge in [0.05, 0.1) is 11.1 Å². The first kappa shape index (κ1) is 31.1. The maximum absolute atomic E-state index is 13.9. The Morgan fingerprint density at radius 1 is 0.864 bits per heavy atom. The summed E-state index contributed by atoms with van der Waals surface area (Å²) < 4.78 is 38.9. The zero-order valence-corrected chi connectivity index (χ0v) is 24.8. The van der Waals surface area contributed by atoms with Crippen LogP contribution in [0.15, 0.2) is 72.8 Å². The van der Waals surface area contributed by atoms with E-state index < -0.39 is 17.6 Å². The Kier molecular flexibility index (Phi) is 9.56. The van der Waals surface area contributed by atoms with Gasteiger partial charge in [-0.1, -0.05) is 43.2 Å². The summed E-state index contributed by atoms with van der Waals surface area (Å²) in [5.74, 6) is -0.488. The molecular formula is C34H37F3N4O3. The Balaban J connectivity index is 1.38. The number of carbonyl (C=O) groups is 3. The summed E-state index contributed by atoms with van der Waals surface area (Å²) in [4.78, 5) is 45.6. The number of alkyl halides is 3. The van der Waals surface area contributed by atoms with Crippen LogP contribution in [0.25, 0.3) is 0 Å². The van der Waals surface area contributed by atoms with Crippen LogP contribution >= 0.6 is 0 Å². The van der Waals surface area contributed by atoms with Gasteiger partial charge in [0.25, 0.3) is 11.8 Å². The van der Waals surface area contributed by atoms with Crippen molar-refractivity contribution in [1.29, 1.82) is 0 Å². The van der Waals surface area contributed by atoms with Gasteiger partial charge in [0.15, 0.2) is 0 Å². The van der Waals surface area contributed by atoms with E-state index in [1.54, 1.807) is 30.1 Å². The molecule has 2 aliphatic rings. The van der Waals surface area contributed by atoms with Crippen LogP contribution in [0.2, 0.25) is 0 Å². The SMILES string of the molecule is CN(Cc1ccccc1)C(=O)c1cc(NC(=O)c2ccc(C(F)(F)F)cc2)ccc1N1CCCN(C(=O)C2CCCC2)CC1. The second-order valence-corrected chi connectivity index (χ2v) is 11.6. The summed E-state index contributed by atoms with van der Waals surface area (Å²) in [6.45, 7) is 2.84. The minimum Gasteiger partial charge on any atom is -0.369 e. The average Bonchev–Trinajstić information content (AvgIpc) is 3.45. The molecule has 7 nitrogen and oxygen atoms in total. The molecule has 0 unspecified atom stereocenters. The molecule has 0 spiro atoms. The lowest BCUT2D eigenvalue weighted by Crippen LogP contribution is -2.38. The van der Waals surface area contributed by atoms with Gasteiger partial charge in [0.2, 0.25) is 5.91 Å². The molecule has 1 saturated heterocycles. The highest BCUT2D eigenvalue weighted by Gasteiger charge is 2.31. The van der Waals surface area contributed by atoms with Crippen molar-refractivity contribution >= 4 is 29.1 Å². The Morgan fingerprint density at radius 3 is 2.25 bits per heavy atom. The van der Waals surface area contributed by atoms with E-state index in [-0.39, 0.29) is 23.3 Å². The maximum atomic E-state index is 13.9. The van der Waals surface area contributed by atoms with E-state index >= 15 is 0 Å². The third kappa shape index (κ3) is 7.41. The zero-order chi connectivity index (χ0) is 31.3. The number of hydrogen-bond acceptors (Lipinski definition) is 4. The van der Waals surface area contributed by atoms with Crippen molar-refractivity contribution in [1.82, 2.24) is 9.80 Å². The van der Waals surface area contributed by atoms with Crippen LogP contribution in [0.4, 0.5) is 24.5 Å². The molecule has 0 bridgehead atoms. The number of carbonyl (C=O) groups excluding carboxylic acids is 3. The number of anilines is 2. The van der Waals surface area contributed by atoms with Gasteiger partial charge in [-0.05, 0) is 67.3 Å². The lowest BCUT2D eigenvalue weighted by molar-refractivity contribution is -0.137. The maximum Gasteiger partial charge on any atom is 0.416 e. The third-order valence-electron chi connectivity index (χ3n) is 8.42. The van der Waals surface area contributed by atoms with E-state index in [4.69, 9.17) is 0 Å². The van der Waals surface area contributed by atoms with Gasteiger partial charge in [-0.2, -0.15) is 13.2 Å². The molecule has 0 atom stereocenters. The molecule has 1 saturated carbocycles. The Morgan fingerprint density at radius 2 is 1.57 bits per heavy atom. The van der Waals surface area contributed by atoms with E-state index in [1.807, 2.05) is 35.2 Å². The number of nitrogens with zero attached hydrogens (tertiary/aromatic N) is 3. The first-order valence-corrected chi connectivity index (χ1v) is 15.1. The molecule has 3 amide bonds. The fourth-order valence-electron chi connectivity index (χ4n) is 6.02. The summed E-state index contributed by atoms with van der Waals surface area (Å²) in [6.07, 6.45) is 0.356. The summed E-state index contributed by atoms with van der Waals surface area (Å²) in [7, 11) is 1.72.